The van der Waals surface area contributed by atoms with Gasteiger partial charge in [0.2, 0.25) is 0 Å². The molecule has 0 aromatic carbocycles. The molecule has 4 aliphatic rings. The summed E-state index contributed by atoms with van der Waals surface area (Å²) in [4.78, 5) is 24.2. The molecule has 0 amide bonds. The maximum Gasteiger partial charge on any atom is 0.190 e. The highest BCUT2D eigenvalue weighted by Crippen LogP contribution is 2.69. The van der Waals surface area contributed by atoms with E-state index >= 15 is 4.39 Å². The first-order valence-corrected chi connectivity index (χ1v) is 9.90. The van der Waals surface area contributed by atoms with Crippen molar-refractivity contribution in [3.63, 3.8) is 0 Å². The summed E-state index contributed by atoms with van der Waals surface area (Å²) >= 11 is 6.46. The first-order valence-electron chi connectivity index (χ1n) is 9.52. The van der Waals surface area contributed by atoms with Crippen molar-refractivity contribution in [1.29, 1.82) is 0 Å². The summed E-state index contributed by atoms with van der Waals surface area (Å²) in [5.41, 5.74) is -6.05. The minimum atomic E-state index is -2.15. The molecule has 7 heteroatoms. The summed E-state index contributed by atoms with van der Waals surface area (Å²) < 4.78 is 16.8. The summed E-state index contributed by atoms with van der Waals surface area (Å²) in [5.74, 6) is -2.31. The van der Waals surface area contributed by atoms with Crippen LogP contribution in [0.5, 0.6) is 0 Å². The number of aliphatic hydroxyl groups excluding tert-OH is 2. The van der Waals surface area contributed by atoms with Gasteiger partial charge < -0.3 is 15.3 Å². The van der Waals surface area contributed by atoms with Crippen LogP contribution in [0.3, 0.4) is 0 Å². The zero-order chi connectivity index (χ0) is 20.7. The summed E-state index contributed by atoms with van der Waals surface area (Å²) in [7, 11) is 0. The quantitative estimate of drug-likeness (QED) is 0.647. The predicted molar refractivity (Wildman–Crippen MR) is 100 cm³/mol. The number of ketones is 2. The first-order chi connectivity index (χ1) is 13.0. The molecule has 2 saturated carbocycles. The Morgan fingerprint density at radius 2 is 2.07 bits per heavy atom. The van der Waals surface area contributed by atoms with Gasteiger partial charge in [-0.2, -0.15) is 0 Å². The van der Waals surface area contributed by atoms with Crippen molar-refractivity contribution in [2.45, 2.75) is 50.5 Å². The van der Waals surface area contributed by atoms with E-state index in [2.05, 4.69) is 0 Å². The summed E-state index contributed by atoms with van der Waals surface area (Å²) in [5, 5.41) is 31.8. The minimum absolute atomic E-state index is 0.0893. The summed E-state index contributed by atoms with van der Waals surface area (Å²) in [6.07, 6.45) is 4.41. The van der Waals surface area contributed by atoms with E-state index in [-0.39, 0.29) is 23.7 Å². The second-order valence-electron chi connectivity index (χ2n) is 9.03. The van der Waals surface area contributed by atoms with E-state index in [1.165, 1.54) is 24.3 Å². The molecule has 0 bridgehead atoms. The topological polar surface area (TPSA) is 94.8 Å². The molecule has 0 aromatic heterocycles. The molecule has 0 heterocycles. The number of carbonyl (C=O) groups is 2. The van der Waals surface area contributed by atoms with Gasteiger partial charge in [0.15, 0.2) is 17.2 Å². The maximum absolute atomic E-state index is 16.8. The highest BCUT2D eigenvalue weighted by Gasteiger charge is 2.73. The van der Waals surface area contributed by atoms with Gasteiger partial charge in [0.1, 0.15) is 12.2 Å². The maximum atomic E-state index is 16.8. The molecule has 5 nitrogen and oxygen atoms in total. The van der Waals surface area contributed by atoms with Gasteiger partial charge in [0.25, 0.3) is 0 Å². The van der Waals surface area contributed by atoms with Crippen LogP contribution in [0.1, 0.15) is 33.1 Å². The lowest BCUT2D eigenvalue weighted by Crippen LogP contribution is -2.68. The third-order valence-electron chi connectivity index (χ3n) is 8.01. The second-order valence-corrected chi connectivity index (χ2v) is 9.44. The molecule has 4 aliphatic carbocycles. The van der Waals surface area contributed by atoms with Gasteiger partial charge in [-0.15, -0.1) is 0 Å². The minimum Gasteiger partial charge on any atom is -0.390 e. The van der Waals surface area contributed by atoms with Crippen LogP contribution >= 0.6 is 11.6 Å². The Bertz CT molecular complexity index is 865. The number of Topliss-reactive ketones (excluding diaryl/α,β-unsaturated/α-hetero) is 1. The average Bonchev–Trinajstić information content (AvgIpc) is 2.91. The Kier molecular flexibility index (Phi) is 4.17. The normalized spacial score (nSPS) is 49.7. The molecule has 0 spiro atoms. The highest BCUT2D eigenvalue weighted by molar-refractivity contribution is 6.33. The Balaban J connectivity index is 1.90. The molecule has 0 radical (unpaired) electrons. The van der Waals surface area contributed by atoms with Crippen LogP contribution in [-0.4, -0.2) is 50.9 Å². The molecule has 3 N–H and O–H groups in total. The lowest BCUT2D eigenvalue weighted by Gasteiger charge is -2.61. The largest absolute Gasteiger partial charge is 0.390 e. The van der Waals surface area contributed by atoms with E-state index in [1.54, 1.807) is 13.8 Å². The van der Waals surface area contributed by atoms with E-state index in [4.69, 9.17) is 11.6 Å². The predicted octanol–water partition coefficient (Wildman–Crippen LogP) is 1.99. The smallest absolute Gasteiger partial charge is 0.190 e. The van der Waals surface area contributed by atoms with Crippen molar-refractivity contribution in [3.05, 3.63) is 34.9 Å². The Morgan fingerprint density at radius 1 is 1.39 bits per heavy atom. The van der Waals surface area contributed by atoms with Crippen LogP contribution in [-0.2, 0) is 9.59 Å². The highest BCUT2D eigenvalue weighted by atomic mass is 35.5. The molecule has 1 unspecified atom stereocenters. The summed E-state index contributed by atoms with van der Waals surface area (Å²) in [6, 6.07) is 0. The Hall–Kier alpha value is -1.34. The van der Waals surface area contributed by atoms with Crippen LogP contribution in [0.4, 0.5) is 4.39 Å². The van der Waals surface area contributed by atoms with Crippen molar-refractivity contribution in [2.75, 3.05) is 6.61 Å². The van der Waals surface area contributed by atoms with Crippen LogP contribution < -0.4 is 0 Å². The number of fused-ring (bicyclic) bond motifs is 5. The van der Waals surface area contributed by atoms with Crippen LogP contribution in [0, 0.1) is 22.7 Å². The van der Waals surface area contributed by atoms with Crippen molar-refractivity contribution < 1.29 is 29.3 Å². The second kappa shape index (κ2) is 5.85. The zero-order valence-corrected chi connectivity index (χ0v) is 16.5. The van der Waals surface area contributed by atoms with Gasteiger partial charge in [0, 0.05) is 21.8 Å². The lowest BCUT2D eigenvalue weighted by atomic mass is 9.46. The fraction of sp³-hybridized carbons (Fsp3) is 0.619. The molecular weight excluding hydrogens is 387 g/mol. The number of rotatable bonds is 2. The molecule has 0 saturated heterocycles. The number of allylic oxidation sites excluding steroid dienone is 6. The fourth-order valence-corrected chi connectivity index (χ4v) is 6.72. The third-order valence-corrected chi connectivity index (χ3v) is 8.34. The number of carbonyl (C=O) groups excluding carboxylic acids is 2. The Morgan fingerprint density at radius 3 is 2.71 bits per heavy atom. The number of hydrogen-bond acceptors (Lipinski definition) is 5. The third kappa shape index (κ3) is 2.07. The number of aliphatic hydroxyl groups is 3. The van der Waals surface area contributed by atoms with Crippen LogP contribution in [0.15, 0.2) is 34.9 Å². The van der Waals surface area contributed by atoms with Crippen molar-refractivity contribution in [2.24, 2.45) is 22.7 Å². The lowest BCUT2D eigenvalue weighted by molar-refractivity contribution is -0.202. The van der Waals surface area contributed by atoms with Gasteiger partial charge in [-0.1, -0.05) is 30.7 Å². The molecule has 7 atom stereocenters. The molecule has 2 fully saturated rings. The molecule has 4 rings (SSSR count). The van der Waals surface area contributed by atoms with E-state index in [0.29, 0.717) is 12.0 Å². The van der Waals surface area contributed by atoms with Gasteiger partial charge in [-0.3, -0.25) is 9.59 Å². The molecule has 0 aromatic rings. The monoisotopic (exact) mass is 410 g/mol. The van der Waals surface area contributed by atoms with Gasteiger partial charge in [-0.05, 0) is 49.8 Å². The average molecular weight is 411 g/mol. The standard InChI is InChI=1S/C21H24ClFO5/c1-18-5-3-11(25)7-14(18)15(22)8-13-12-4-6-20(28,17(27)10-24)19(12,2)9-16(26)21(13,18)23/h3,5,7-8,12-13,16,24,26,28H,4,6,9-10H2,1-2H3/t12-,13-,16?,18-,19-,20-,21-/m0/s1. The molecule has 0 aliphatic heterocycles. The van der Waals surface area contributed by atoms with E-state index in [0.717, 1.165) is 0 Å². The van der Waals surface area contributed by atoms with Gasteiger partial charge in [0.05, 0.1) is 6.10 Å². The van der Waals surface area contributed by atoms with E-state index in [1.807, 2.05) is 0 Å². The molecular formula is C21H24ClFO5. The first kappa shape index (κ1) is 20.0. The van der Waals surface area contributed by atoms with Crippen LogP contribution in [0.25, 0.3) is 0 Å². The van der Waals surface area contributed by atoms with E-state index < -0.39 is 52.4 Å². The van der Waals surface area contributed by atoms with Gasteiger partial charge >= 0.3 is 0 Å². The molecule has 28 heavy (non-hydrogen) atoms. The fourth-order valence-electron chi connectivity index (χ4n) is 6.33. The van der Waals surface area contributed by atoms with Gasteiger partial charge in [-0.25, -0.2) is 4.39 Å². The number of halogens is 2. The summed E-state index contributed by atoms with van der Waals surface area (Å²) in [6.45, 7) is 2.49. The zero-order valence-electron chi connectivity index (χ0n) is 15.8. The van der Waals surface area contributed by atoms with Crippen molar-refractivity contribution in [1.82, 2.24) is 0 Å². The van der Waals surface area contributed by atoms with Crippen molar-refractivity contribution >= 4 is 23.2 Å². The van der Waals surface area contributed by atoms with Crippen molar-refractivity contribution in [3.8, 4) is 0 Å². The number of alkyl halides is 1. The SMILES string of the molecule is C[C@]12C=CC(=O)C=C1C(Cl)=C[C@H]1[C@@H]3CC[C@](O)(C(=O)CO)[C@@]3(C)CC(O)[C@@]12F. The molecule has 152 valence electrons. The van der Waals surface area contributed by atoms with Crippen LogP contribution in [0.2, 0.25) is 0 Å². The van der Waals surface area contributed by atoms with E-state index in [9.17, 15) is 24.9 Å². The Labute approximate surface area is 167 Å². The number of hydrogen-bond donors (Lipinski definition) is 3.